The number of fused-ring (bicyclic) bond motifs is 1. The van der Waals surface area contributed by atoms with Crippen LogP contribution in [-0.2, 0) is 6.42 Å². The molecule has 0 spiro atoms. The third-order valence-electron chi connectivity index (χ3n) is 4.49. The Bertz CT molecular complexity index is 615. The first-order chi connectivity index (χ1) is 9.63. The minimum absolute atomic E-state index is 0.557. The van der Waals surface area contributed by atoms with Crippen LogP contribution in [0.4, 0.5) is 5.69 Å². The number of rotatable bonds is 2. The molecule has 0 amide bonds. The van der Waals surface area contributed by atoms with E-state index < -0.39 is 0 Å². The van der Waals surface area contributed by atoms with Crippen molar-refractivity contribution < 1.29 is 0 Å². The molecule has 2 aromatic carbocycles. The zero-order valence-electron chi connectivity index (χ0n) is 12.6. The summed E-state index contributed by atoms with van der Waals surface area (Å²) in [4.78, 5) is 0. The molecule has 2 unspecified atom stereocenters. The first-order valence-electron chi connectivity index (χ1n) is 7.55. The number of anilines is 1. The molecule has 0 saturated heterocycles. The van der Waals surface area contributed by atoms with Crippen LogP contribution >= 0.6 is 0 Å². The Labute approximate surface area is 122 Å². The van der Waals surface area contributed by atoms with Crippen LogP contribution in [0, 0.1) is 13.8 Å². The lowest BCUT2D eigenvalue weighted by Gasteiger charge is -2.31. The van der Waals surface area contributed by atoms with E-state index in [1.807, 2.05) is 0 Å². The molecular weight excluding hydrogens is 242 g/mol. The Morgan fingerprint density at radius 2 is 1.85 bits per heavy atom. The molecule has 1 heteroatoms. The van der Waals surface area contributed by atoms with Gasteiger partial charge in [0, 0.05) is 11.7 Å². The molecule has 1 aliphatic rings. The van der Waals surface area contributed by atoms with E-state index in [-0.39, 0.29) is 0 Å². The van der Waals surface area contributed by atoms with Crippen LogP contribution in [0.3, 0.4) is 0 Å². The molecule has 0 radical (unpaired) electrons. The summed E-state index contributed by atoms with van der Waals surface area (Å²) in [5.41, 5.74) is 7.04. The molecule has 0 fully saturated rings. The second kappa shape index (κ2) is 5.32. The highest BCUT2D eigenvalue weighted by Crippen LogP contribution is 2.36. The van der Waals surface area contributed by atoms with Crippen LogP contribution < -0.4 is 5.32 Å². The molecule has 104 valence electrons. The molecule has 1 heterocycles. The van der Waals surface area contributed by atoms with Crippen molar-refractivity contribution in [1.29, 1.82) is 0 Å². The summed E-state index contributed by atoms with van der Waals surface area (Å²) in [7, 11) is 0. The third-order valence-corrected chi connectivity index (χ3v) is 4.49. The summed E-state index contributed by atoms with van der Waals surface area (Å²) in [6.07, 6.45) is 2.36. The predicted molar refractivity (Wildman–Crippen MR) is 86.5 cm³/mol. The standard InChI is InChI=1S/C19H23N/c1-13-8-9-16(10-14(13)2)12-17-11-15(3)20-19-7-5-4-6-18(17)19/h4-10,15,17,20H,11-12H2,1-3H3. The van der Waals surface area contributed by atoms with E-state index in [1.54, 1.807) is 0 Å². The summed E-state index contributed by atoms with van der Waals surface area (Å²) < 4.78 is 0. The molecule has 1 N–H and O–H groups in total. The molecule has 0 aromatic heterocycles. The van der Waals surface area contributed by atoms with Crippen molar-refractivity contribution in [2.45, 2.75) is 45.6 Å². The Morgan fingerprint density at radius 1 is 1.05 bits per heavy atom. The quantitative estimate of drug-likeness (QED) is 0.819. The highest BCUT2D eigenvalue weighted by Gasteiger charge is 2.23. The van der Waals surface area contributed by atoms with Crippen molar-refractivity contribution in [2.75, 3.05) is 5.32 Å². The molecule has 0 bridgehead atoms. The van der Waals surface area contributed by atoms with Gasteiger partial charge in [-0.05, 0) is 67.9 Å². The molecule has 1 aliphatic heterocycles. The van der Waals surface area contributed by atoms with Crippen molar-refractivity contribution in [3.8, 4) is 0 Å². The number of benzene rings is 2. The summed E-state index contributed by atoms with van der Waals surface area (Å²) >= 11 is 0. The van der Waals surface area contributed by atoms with Crippen molar-refractivity contribution in [2.24, 2.45) is 0 Å². The fourth-order valence-electron chi connectivity index (χ4n) is 3.27. The van der Waals surface area contributed by atoms with E-state index in [1.165, 1.54) is 34.4 Å². The van der Waals surface area contributed by atoms with E-state index in [9.17, 15) is 0 Å². The molecular formula is C19H23N. The second-order valence-electron chi connectivity index (χ2n) is 6.19. The van der Waals surface area contributed by atoms with E-state index >= 15 is 0 Å². The topological polar surface area (TPSA) is 12.0 Å². The summed E-state index contributed by atoms with van der Waals surface area (Å²) in [6.45, 7) is 6.67. The van der Waals surface area contributed by atoms with Gasteiger partial charge in [-0.1, -0.05) is 36.4 Å². The smallest absolute Gasteiger partial charge is 0.0377 e. The van der Waals surface area contributed by atoms with E-state index in [2.05, 4.69) is 68.6 Å². The molecule has 0 saturated carbocycles. The molecule has 20 heavy (non-hydrogen) atoms. The number of aryl methyl sites for hydroxylation is 2. The lowest BCUT2D eigenvalue weighted by Crippen LogP contribution is -2.26. The van der Waals surface area contributed by atoms with Gasteiger partial charge in [-0.15, -0.1) is 0 Å². The maximum atomic E-state index is 3.60. The van der Waals surface area contributed by atoms with Gasteiger partial charge in [0.15, 0.2) is 0 Å². The van der Waals surface area contributed by atoms with Crippen LogP contribution in [0.15, 0.2) is 42.5 Å². The SMILES string of the molecule is Cc1ccc(CC2CC(C)Nc3ccccc32)cc1C. The maximum Gasteiger partial charge on any atom is 0.0377 e. The van der Waals surface area contributed by atoms with Gasteiger partial charge in [0.2, 0.25) is 0 Å². The Morgan fingerprint density at radius 3 is 2.65 bits per heavy atom. The lowest BCUT2D eigenvalue weighted by molar-refractivity contribution is 0.551. The zero-order valence-corrected chi connectivity index (χ0v) is 12.6. The Hall–Kier alpha value is -1.76. The largest absolute Gasteiger partial charge is 0.382 e. The maximum absolute atomic E-state index is 3.60. The highest BCUT2D eigenvalue weighted by atomic mass is 14.9. The van der Waals surface area contributed by atoms with E-state index in [0.717, 1.165) is 6.42 Å². The van der Waals surface area contributed by atoms with Gasteiger partial charge in [0.05, 0.1) is 0 Å². The predicted octanol–water partition coefficient (Wildman–Crippen LogP) is 4.83. The van der Waals surface area contributed by atoms with Gasteiger partial charge in [-0.2, -0.15) is 0 Å². The second-order valence-corrected chi connectivity index (χ2v) is 6.19. The summed E-state index contributed by atoms with van der Waals surface area (Å²) in [5, 5.41) is 3.60. The van der Waals surface area contributed by atoms with E-state index in [4.69, 9.17) is 0 Å². The molecule has 2 aromatic rings. The van der Waals surface area contributed by atoms with Crippen LogP contribution in [-0.4, -0.2) is 6.04 Å². The van der Waals surface area contributed by atoms with Crippen molar-refractivity contribution in [3.05, 3.63) is 64.7 Å². The van der Waals surface area contributed by atoms with Gasteiger partial charge in [0.25, 0.3) is 0 Å². The fourth-order valence-corrected chi connectivity index (χ4v) is 3.27. The average molecular weight is 265 g/mol. The van der Waals surface area contributed by atoms with Crippen LogP contribution in [0.5, 0.6) is 0 Å². The summed E-state index contributed by atoms with van der Waals surface area (Å²) in [6, 6.07) is 16.2. The number of nitrogens with one attached hydrogen (secondary N) is 1. The number of hydrogen-bond donors (Lipinski definition) is 1. The zero-order chi connectivity index (χ0) is 14.1. The Balaban J connectivity index is 1.89. The minimum atomic E-state index is 0.557. The molecule has 2 atom stereocenters. The fraction of sp³-hybridized carbons (Fsp3) is 0.368. The highest BCUT2D eigenvalue weighted by molar-refractivity contribution is 5.56. The van der Waals surface area contributed by atoms with Crippen molar-refractivity contribution in [1.82, 2.24) is 0 Å². The number of hydrogen-bond acceptors (Lipinski definition) is 1. The normalized spacial score (nSPS) is 21.1. The number of para-hydroxylation sites is 1. The average Bonchev–Trinajstić information content (AvgIpc) is 2.43. The lowest BCUT2D eigenvalue weighted by atomic mass is 9.83. The van der Waals surface area contributed by atoms with Crippen LogP contribution in [0.2, 0.25) is 0 Å². The summed E-state index contributed by atoms with van der Waals surface area (Å²) in [5.74, 6) is 0.629. The van der Waals surface area contributed by atoms with Crippen molar-refractivity contribution in [3.63, 3.8) is 0 Å². The van der Waals surface area contributed by atoms with Gasteiger partial charge in [-0.25, -0.2) is 0 Å². The Kier molecular flexibility index (Phi) is 3.52. The van der Waals surface area contributed by atoms with Crippen molar-refractivity contribution >= 4 is 5.69 Å². The molecule has 1 nitrogen and oxygen atoms in total. The molecule has 0 aliphatic carbocycles. The minimum Gasteiger partial charge on any atom is -0.382 e. The van der Waals surface area contributed by atoms with Crippen LogP contribution in [0.1, 0.15) is 41.5 Å². The molecule has 3 rings (SSSR count). The monoisotopic (exact) mass is 265 g/mol. The van der Waals surface area contributed by atoms with Crippen LogP contribution in [0.25, 0.3) is 0 Å². The first kappa shape index (κ1) is 13.2. The third kappa shape index (κ3) is 2.58. The van der Waals surface area contributed by atoms with Gasteiger partial charge in [0.1, 0.15) is 0 Å². The van der Waals surface area contributed by atoms with Gasteiger partial charge < -0.3 is 5.32 Å². The van der Waals surface area contributed by atoms with Gasteiger partial charge >= 0.3 is 0 Å². The first-order valence-corrected chi connectivity index (χ1v) is 7.55. The van der Waals surface area contributed by atoms with E-state index in [0.29, 0.717) is 12.0 Å². The van der Waals surface area contributed by atoms with Gasteiger partial charge in [-0.3, -0.25) is 0 Å².